The number of rotatable bonds is 2. The van der Waals surface area contributed by atoms with Crippen molar-refractivity contribution in [1.82, 2.24) is 0 Å². The Morgan fingerprint density at radius 3 is 2.59 bits per heavy atom. The molecule has 0 bridgehead atoms. The highest BCUT2D eigenvalue weighted by Crippen LogP contribution is 2.32. The third kappa shape index (κ3) is 2.17. The summed E-state index contributed by atoms with van der Waals surface area (Å²) in [5.41, 5.74) is 0.747. The van der Waals surface area contributed by atoms with Crippen molar-refractivity contribution in [3.63, 3.8) is 0 Å². The van der Waals surface area contributed by atoms with Crippen LogP contribution in [0, 0.1) is 0 Å². The van der Waals surface area contributed by atoms with E-state index in [0.29, 0.717) is 16.9 Å². The van der Waals surface area contributed by atoms with E-state index in [4.69, 9.17) is 4.74 Å². The molecule has 1 aliphatic carbocycles. The van der Waals surface area contributed by atoms with Crippen LogP contribution in [0.3, 0.4) is 0 Å². The highest BCUT2D eigenvalue weighted by atomic mass is 79.9. The zero-order chi connectivity index (χ0) is 12.6. The lowest BCUT2D eigenvalue weighted by molar-refractivity contribution is 0.0986. The van der Waals surface area contributed by atoms with Gasteiger partial charge in [0.05, 0.1) is 16.1 Å². The Morgan fingerprint density at radius 1 is 1.24 bits per heavy atom. The topological polar surface area (TPSA) is 43.4 Å². The van der Waals surface area contributed by atoms with Crippen molar-refractivity contribution in [3.8, 4) is 5.75 Å². The standard InChI is InChI=1S/C13H11BrO3/c1-7(2)17-11-5-3-4-8-10(15)6-9(14)13(16)12(8)11/h3-7H,1-2H3. The van der Waals surface area contributed by atoms with Crippen LogP contribution in [0.5, 0.6) is 5.75 Å². The lowest BCUT2D eigenvalue weighted by Crippen LogP contribution is -2.17. The van der Waals surface area contributed by atoms with Gasteiger partial charge in [-0.05, 0) is 35.8 Å². The molecule has 1 aromatic rings. The molecule has 3 nitrogen and oxygen atoms in total. The van der Waals surface area contributed by atoms with Crippen LogP contribution in [0.15, 0.2) is 28.8 Å². The molecule has 4 heteroatoms. The van der Waals surface area contributed by atoms with Gasteiger partial charge in [0.25, 0.3) is 0 Å². The summed E-state index contributed by atoms with van der Waals surface area (Å²) in [6.45, 7) is 3.75. The van der Waals surface area contributed by atoms with Gasteiger partial charge in [0.2, 0.25) is 5.78 Å². The van der Waals surface area contributed by atoms with Gasteiger partial charge in [-0.1, -0.05) is 12.1 Å². The number of halogens is 1. The minimum atomic E-state index is -0.212. The summed E-state index contributed by atoms with van der Waals surface area (Å²) >= 11 is 3.10. The molecule has 0 unspecified atom stereocenters. The molecule has 88 valence electrons. The molecule has 2 rings (SSSR count). The highest BCUT2D eigenvalue weighted by Gasteiger charge is 2.27. The van der Waals surface area contributed by atoms with E-state index in [1.54, 1.807) is 18.2 Å². The van der Waals surface area contributed by atoms with Crippen LogP contribution >= 0.6 is 15.9 Å². The van der Waals surface area contributed by atoms with E-state index >= 15 is 0 Å². The molecular formula is C13H11BrO3. The van der Waals surface area contributed by atoms with Gasteiger partial charge in [0, 0.05) is 11.6 Å². The first-order valence-corrected chi connectivity index (χ1v) is 6.06. The van der Waals surface area contributed by atoms with Gasteiger partial charge in [0.15, 0.2) is 5.78 Å². The number of carbonyl (C=O) groups is 2. The smallest absolute Gasteiger partial charge is 0.204 e. The number of carbonyl (C=O) groups excluding carboxylic acids is 2. The van der Waals surface area contributed by atoms with Crippen molar-refractivity contribution < 1.29 is 14.3 Å². The van der Waals surface area contributed by atoms with Crippen LogP contribution < -0.4 is 4.74 Å². The predicted octanol–water partition coefficient (Wildman–Crippen LogP) is 3.13. The first-order chi connectivity index (χ1) is 8.00. The minimum absolute atomic E-state index is 0.0471. The Bertz CT molecular complexity index is 529. The molecule has 0 heterocycles. The molecule has 0 spiro atoms. The lowest BCUT2D eigenvalue weighted by atomic mass is 9.94. The van der Waals surface area contributed by atoms with Gasteiger partial charge >= 0.3 is 0 Å². The van der Waals surface area contributed by atoms with E-state index in [9.17, 15) is 9.59 Å². The number of hydrogen-bond donors (Lipinski definition) is 0. The second kappa shape index (κ2) is 4.45. The molecule has 0 aromatic heterocycles. The molecule has 1 aliphatic rings. The summed E-state index contributed by atoms with van der Waals surface area (Å²) < 4.78 is 5.83. The Kier molecular flexibility index (Phi) is 3.15. The van der Waals surface area contributed by atoms with E-state index in [1.165, 1.54) is 6.08 Å². The number of hydrogen-bond acceptors (Lipinski definition) is 3. The van der Waals surface area contributed by atoms with Gasteiger partial charge in [-0.15, -0.1) is 0 Å². The number of benzene rings is 1. The van der Waals surface area contributed by atoms with E-state index in [1.807, 2.05) is 13.8 Å². The SMILES string of the molecule is CC(C)Oc1cccc2c1C(=O)C(Br)=CC2=O. The minimum Gasteiger partial charge on any atom is -0.490 e. The zero-order valence-electron chi connectivity index (χ0n) is 9.49. The molecule has 0 aliphatic heterocycles. The number of fused-ring (bicyclic) bond motifs is 1. The van der Waals surface area contributed by atoms with Gasteiger partial charge in [0.1, 0.15) is 5.75 Å². The molecule has 0 amide bonds. The average Bonchev–Trinajstić information content (AvgIpc) is 2.25. The van der Waals surface area contributed by atoms with Crippen molar-refractivity contribution in [2.75, 3.05) is 0 Å². The van der Waals surface area contributed by atoms with Crippen LogP contribution in [-0.4, -0.2) is 17.7 Å². The van der Waals surface area contributed by atoms with Crippen LogP contribution in [-0.2, 0) is 0 Å². The zero-order valence-corrected chi connectivity index (χ0v) is 11.1. The quantitative estimate of drug-likeness (QED) is 0.842. The Labute approximate surface area is 108 Å². The number of allylic oxidation sites excluding steroid dienone is 2. The monoisotopic (exact) mass is 294 g/mol. The maximum absolute atomic E-state index is 12.0. The second-order valence-electron chi connectivity index (χ2n) is 4.03. The molecule has 0 saturated heterocycles. The third-order valence-electron chi connectivity index (χ3n) is 2.36. The summed E-state index contributed by atoms with van der Waals surface area (Å²) in [5, 5.41) is 0. The van der Waals surface area contributed by atoms with Gasteiger partial charge < -0.3 is 4.74 Å². The molecule has 0 N–H and O–H groups in total. The maximum atomic E-state index is 12.0. The van der Waals surface area contributed by atoms with Gasteiger partial charge in [-0.2, -0.15) is 0 Å². The lowest BCUT2D eigenvalue weighted by Gasteiger charge is -2.18. The van der Waals surface area contributed by atoms with Crippen LogP contribution in [0.4, 0.5) is 0 Å². The highest BCUT2D eigenvalue weighted by molar-refractivity contribution is 9.12. The Balaban J connectivity index is 2.59. The average molecular weight is 295 g/mol. The molecule has 0 fully saturated rings. The van der Waals surface area contributed by atoms with Crippen LogP contribution in [0.25, 0.3) is 0 Å². The first-order valence-electron chi connectivity index (χ1n) is 5.26. The Hall–Kier alpha value is -1.42. The molecule has 0 atom stereocenters. The van der Waals surface area contributed by atoms with Crippen molar-refractivity contribution >= 4 is 27.5 Å². The van der Waals surface area contributed by atoms with E-state index in [0.717, 1.165) is 0 Å². The summed E-state index contributed by atoms with van der Waals surface area (Å²) in [7, 11) is 0. The number of Topliss-reactive ketones (excluding diaryl/α,β-unsaturated/α-hetero) is 1. The van der Waals surface area contributed by atoms with E-state index in [-0.39, 0.29) is 22.2 Å². The van der Waals surface area contributed by atoms with Crippen molar-refractivity contribution in [3.05, 3.63) is 39.9 Å². The van der Waals surface area contributed by atoms with Gasteiger partial charge in [-0.3, -0.25) is 9.59 Å². The van der Waals surface area contributed by atoms with Crippen LogP contribution in [0.2, 0.25) is 0 Å². The summed E-state index contributed by atoms with van der Waals surface area (Å²) in [4.78, 5) is 23.8. The third-order valence-corrected chi connectivity index (χ3v) is 2.95. The van der Waals surface area contributed by atoms with E-state index < -0.39 is 0 Å². The molecule has 0 saturated carbocycles. The van der Waals surface area contributed by atoms with Crippen LogP contribution in [0.1, 0.15) is 34.6 Å². The second-order valence-corrected chi connectivity index (χ2v) is 4.89. The fraction of sp³-hybridized carbons (Fsp3) is 0.231. The fourth-order valence-corrected chi connectivity index (χ4v) is 2.11. The summed E-state index contributed by atoms with van der Waals surface area (Å²) in [5.74, 6) is 0.0671. The fourth-order valence-electron chi connectivity index (χ4n) is 1.70. The predicted molar refractivity (Wildman–Crippen MR) is 67.9 cm³/mol. The van der Waals surface area contributed by atoms with Crippen molar-refractivity contribution in [2.45, 2.75) is 20.0 Å². The number of ketones is 2. The summed E-state index contributed by atoms with van der Waals surface area (Å²) in [6, 6.07) is 5.06. The van der Waals surface area contributed by atoms with Gasteiger partial charge in [-0.25, -0.2) is 0 Å². The molecule has 0 radical (unpaired) electrons. The number of ether oxygens (including phenoxy) is 1. The first kappa shape index (κ1) is 12.0. The van der Waals surface area contributed by atoms with E-state index in [2.05, 4.69) is 15.9 Å². The maximum Gasteiger partial charge on any atom is 0.204 e. The van der Waals surface area contributed by atoms with Crippen molar-refractivity contribution in [1.29, 1.82) is 0 Å². The largest absolute Gasteiger partial charge is 0.490 e. The van der Waals surface area contributed by atoms with Crippen molar-refractivity contribution in [2.24, 2.45) is 0 Å². The molecule has 1 aromatic carbocycles. The summed E-state index contributed by atoms with van der Waals surface area (Å²) in [6.07, 6.45) is 1.25. The normalized spacial score (nSPS) is 14.7. The Morgan fingerprint density at radius 2 is 1.94 bits per heavy atom. The molecule has 17 heavy (non-hydrogen) atoms. The molecular weight excluding hydrogens is 284 g/mol.